The number of carbonyl (C=O) groups excluding carboxylic acids is 2. The Kier molecular flexibility index (Phi) is 2.73. The van der Waals surface area contributed by atoms with Gasteiger partial charge >= 0.3 is 0 Å². The summed E-state index contributed by atoms with van der Waals surface area (Å²) in [6.07, 6.45) is 3.45. The Balaban J connectivity index is 1.96. The van der Waals surface area contributed by atoms with Crippen molar-refractivity contribution in [3.63, 3.8) is 0 Å². The molecule has 1 unspecified atom stereocenters. The molecule has 3 rings (SSSR count). The maximum Gasteiger partial charge on any atom is 0.234 e. The van der Waals surface area contributed by atoms with E-state index in [4.69, 9.17) is 0 Å². The molecule has 1 saturated carbocycles. The van der Waals surface area contributed by atoms with Crippen molar-refractivity contribution >= 4 is 17.4 Å². The summed E-state index contributed by atoms with van der Waals surface area (Å²) in [4.78, 5) is 23.5. The van der Waals surface area contributed by atoms with Gasteiger partial charge in [0.2, 0.25) is 5.91 Å². The number of carbonyl (C=O) groups is 2. The summed E-state index contributed by atoms with van der Waals surface area (Å²) >= 11 is 0. The zero-order valence-corrected chi connectivity index (χ0v) is 11.5. The van der Waals surface area contributed by atoms with Gasteiger partial charge in [0.25, 0.3) is 0 Å². The molecule has 0 saturated heterocycles. The molecule has 0 radical (unpaired) electrons. The first-order valence-electron chi connectivity index (χ1n) is 6.96. The monoisotopic (exact) mass is 257 g/mol. The molecule has 19 heavy (non-hydrogen) atoms. The first kappa shape index (κ1) is 12.4. The molecular weight excluding hydrogens is 238 g/mol. The molecule has 1 amide bonds. The van der Waals surface area contributed by atoms with E-state index in [-0.39, 0.29) is 5.91 Å². The zero-order valence-electron chi connectivity index (χ0n) is 11.5. The highest BCUT2D eigenvalue weighted by atomic mass is 16.2. The van der Waals surface area contributed by atoms with Gasteiger partial charge in [0.05, 0.1) is 5.41 Å². The Bertz CT molecular complexity index is 560. The fourth-order valence-corrected chi connectivity index (χ4v) is 3.15. The first-order valence-corrected chi connectivity index (χ1v) is 6.96. The number of fused-ring (bicyclic) bond motifs is 1. The number of Topliss-reactive ketones (excluding diaryl/α,β-unsaturated/α-hetero) is 1. The van der Waals surface area contributed by atoms with Gasteiger partial charge in [0, 0.05) is 18.5 Å². The van der Waals surface area contributed by atoms with Gasteiger partial charge in [-0.05, 0) is 49.8 Å². The topological polar surface area (TPSA) is 46.2 Å². The molecule has 2 aliphatic rings. The Hall–Kier alpha value is -1.64. The van der Waals surface area contributed by atoms with E-state index in [0.717, 1.165) is 30.5 Å². The van der Waals surface area contributed by atoms with Crippen molar-refractivity contribution in [3.8, 4) is 0 Å². The van der Waals surface area contributed by atoms with Gasteiger partial charge in [0.1, 0.15) is 5.78 Å². The number of anilines is 1. The highest BCUT2D eigenvalue weighted by Crippen LogP contribution is 2.40. The zero-order chi connectivity index (χ0) is 13.6. The second-order valence-electron chi connectivity index (χ2n) is 6.22. The van der Waals surface area contributed by atoms with Gasteiger partial charge in [-0.25, -0.2) is 0 Å². The van der Waals surface area contributed by atoms with Crippen LogP contribution in [0.1, 0.15) is 56.6 Å². The van der Waals surface area contributed by atoms with E-state index < -0.39 is 5.41 Å². The summed E-state index contributed by atoms with van der Waals surface area (Å²) in [6, 6.07) is 6.16. The molecular formula is C16H19NO2. The van der Waals surface area contributed by atoms with Crippen molar-refractivity contribution in [2.45, 2.75) is 50.9 Å². The quantitative estimate of drug-likeness (QED) is 0.840. The third-order valence-corrected chi connectivity index (χ3v) is 4.49. The maximum atomic E-state index is 11.9. The van der Waals surface area contributed by atoms with Gasteiger partial charge in [-0.15, -0.1) is 0 Å². The molecule has 0 spiro atoms. The van der Waals surface area contributed by atoms with Crippen molar-refractivity contribution in [2.24, 2.45) is 0 Å². The molecule has 1 atom stereocenters. The van der Waals surface area contributed by atoms with Crippen LogP contribution in [-0.2, 0) is 15.0 Å². The van der Waals surface area contributed by atoms with Crippen LogP contribution in [0.15, 0.2) is 18.2 Å². The van der Waals surface area contributed by atoms with Crippen LogP contribution in [0.4, 0.5) is 5.69 Å². The van der Waals surface area contributed by atoms with Crippen LogP contribution in [0, 0.1) is 0 Å². The fraction of sp³-hybridized carbons (Fsp3) is 0.500. The minimum absolute atomic E-state index is 0.0550. The summed E-state index contributed by atoms with van der Waals surface area (Å²) in [5.74, 6) is 0.752. The lowest BCUT2D eigenvalue weighted by Gasteiger charge is -2.23. The number of benzene rings is 1. The predicted octanol–water partition coefficient (Wildman–Crippen LogP) is 3.14. The Morgan fingerprint density at radius 3 is 2.79 bits per heavy atom. The molecule has 1 aromatic rings. The summed E-state index contributed by atoms with van der Waals surface area (Å²) in [7, 11) is 0. The minimum Gasteiger partial charge on any atom is -0.325 e. The summed E-state index contributed by atoms with van der Waals surface area (Å²) in [5.41, 5.74) is 2.72. The second-order valence-corrected chi connectivity index (χ2v) is 6.22. The van der Waals surface area contributed by atoms with Crippen molar-refractivity contribution in [1.29, 1.82) is 0 Å². The standard InChI is InChI=1S/C16H19NO2/c1-16(2)13-9-11(6-7-14(13)17-15(16)19)10-4-3-5-12(18)8-10/h6-7,9-10H,3-5,8H2,1-2H3,(H,17,19). The van der Waals surface area contributed by atoms with Crippen molar-refractivity contribution in [1.82, 2.24) is 0 Å². The van der Waals surface area contributed by atoms with E-state index >= 15 is 0 Å². The molecule has 0 bridgehead atoms. The van der Waals surface area contributed by atoms with Gasteiger partial charge < -0.3 is 5.32 Å². The van der Waals surface area contributed by atoms with Crippen LogP contribution in [0.2, 0.25) is 0 Å². The third-order valence-electron chi connectivity index (χ3n) is 4.49. The van der Waals surface area contributed by atoms with Crippen molar-refractivity contribution in [3.05, 3.63) is 29.3 Å². The van der Waals surface area contributed by atoms with Gasteiger partial charge in [0.15, 0.2) is 0 Å². The maximum absolute atomic E-state index is 11.9. The van der Waals surface area contributed by atoms with Crippen LogP contribution >= 0.6 is 0 Å². The number of nitrogens with one attached hydrogen (secondary N) is 1. The van der Waals surface area contributed by atoms with Gasteiger partial charge in [-0.2, -0.15) is 0 Å². The number of rotatable bonds is 1. The van der Waals surface area contributed by atoms with Crippen LogP contribution < -0.4 is 5.32 Å². The molecule has 1 fully saturated rings. The number of hydrogen-bond acceptors (Lipinski definition) is 2. The lowest BCUT2D eigenvalue weighted by Crippen LogP contribution is -2.27. The molecule has 0 aromatic heterocycles. The second kappa shape index (κ2) is 4.19. The number of ketones is 1. The Morgan fingerprint density at radius 1 is 1.26 bits per heavy atom. The van der Waals surface area contributed by atoms with E-state index in [2.05, 4.69) is 17.4 Å². The molecule has 1 N–H and O–H groups in total. The Morgan fingerprint density at radius 2 is 2.05 bits per heavy atom. The summed E-state index contributed by atoms with van der Waals surface area (Å²) in [6.45, 7) is 3.90. The first-order chi connectivity index (χ1) is 8.98. The van der Waals surface area contributed by atoms with Crippen LogP contribution in [0.3, 0.4) is 0 Å². The van der Waals surface area contributed by atoms with Crippen LogP contribution in [-0.4, -0.2) is 11.7 Å². The van der Waals surface area contributed by atoms with E-state index in [0.29, 0.717) is 18.1 Å². The number of amides is 1. The minimum atomic E-state index is -0.468. The highest BCUT2D eigenvalue weighted by molar-refractivity contribution is 6.05. The largest absolute Gasteiger partial charge is 0.325 e. The smallest absolute Gasteiger partial charge is 0.234 e. The molecule has 1 aromatic carbocycles. The fourth-order valence-electron chi connectivity index (χ4n) is 3.15. The molecule has 3 heteroatoms. The molecule has 3 nitrogen and oxygen atoms in total. The average Bonchev–Trinajstić information content (AvgIpc) is 2.60. The summed E-state index contributed by atoms with van der Waals surface area (Å²) < 4.78 is 0. The lowest BCUT2D eigenvalue weighted by atomic mass is 9.80. The summed E-state index contributed by atoms with van der Waals surface area (Å²) in [5, 5.41) is 2.92. The lowest BCUT2D eigenvalue weighted by molar-refractivity contribution is -0.121. The van der Waals surface area contributed by atoms with Gasteiger partial charge in [-0.3, -0.25) is 9.59 Å². The van der Waals surface area contributed by atoms with Crippen molar-refractivity contribution in [2.75, 3.05) is 5.32 Å². The molecule has 1 heterocycles. The molecule has 1 aliphatic heterocycles. The Labute approximate surface area is 113 Å². The molecule has 1 aliphatic carbocycles. The number of hydrogen-bond donors (Lipinski definition) is 1. The van der Waals surface area contributed by atoms with E-state index in [9.17, 15) is 9.59 Å². The van der Waals surface area contributed by atoms with E-state index in [1.165, 1.54) is 5.56 Å². The predicted molar refractivity (Wildman–Crippen MR) is 74.3 cm³/mol. The van der Waals surface area contributed by atoms with Crippen molar-refractivity contribution < 1.29 is 9.59 Å². The normalized spacial score (nSPS) is 25.1. The average molecular weight is 257 g/mol. The highest BCUT2D eigenvalue weighted by Gasteiger charge is 2.38. The van der Waals surface area contributed by atoms with E-state index in [1.54, 1.807) is 0 Å². The van der Waals surface area contributed by atoms with Crippen LogP contribution in [0.5, 0.6) is 0 Å². The van der Waals surface area contributed by atoms with E-state index in [1.807, 2.05) is 19.9 Å². The van der Waals surface area contributed by atoms with Gasteiger partial charge in [-0.1, -0.05) is 12.1 Å². The van der Waals surface area contributed by atoms with Crippen LogP contribution in [0.25, 0.3) is 0 Å². The third kappa shape index (κ3) is 1.97. The molecule has 100 valence electrons. The SMILES string of the molecule is CC1(C)C(=O)Nc2ccc(C3CCCC(=O)C3)cc21.